The van der Waals surface area contributed by atoms with Gasteiger partial charge in [0.15, 0.2) is 0 Å². The van der Waals surface area contributed by atoms with E-state index in [4.69, 9.17) is 11.6 Å². The van der Waals surface area contributed by atoms with Gasteiger partial charge in [-0.3, -0.25) is 0 Å². The molecule has 0 saturated carbocycles. The lowest BCUT2D eigenvalue weighted by Gasteiger charge is -2.19. The Morgan fingerprint density at radius 1 is 0.781 bits per heavy atom. The van der Waals surface area contributed by atoms with E-state index in [1.165, 1.54) is 16.3 Å². The minimum Gasteiger partial charge on any atom is -0.377 e. The van der Waals surface area contributed by atoms with Crippen LogP contribution in [0.5, 0.6) is 0 Å². The van der Waals surface area contributed by atoms with Gasteiger partial charge in [-0.15, -0.1) is 10.2 Å². The highest BCUT2D eigenvalue weighted by Crippen LogP contribution is 2.39. The smallest absolute Gasteiger partial charge is 0.204 e. The molecule has 1 N–H and O–H groups in total. The van der Waals surface area contributed by atoms with E-state index in [0.717, 1.165) is 33.5 Å². The van der Waals surface area contributed by atoms with Crippen LogP contribution < -0.4 is 4.90 Å². The number of halogens is 1. The third-order valence-electron chi connectivity index (χ3n) is 5.74. The fourth-order valence-electron chi connectivity index (χ4n) is 4.18. The van der Waals surface area contributed by atoms with Crippen LogP contribution in [0.3, 0.4) is 0 Å². The first-order valence-electron chi connectivity index (χ1n) is 10.4. The number of fused-ring (bicyclic) bond motifs is 1. The predicted octanol–water partition coefficient (Wildman–Crippen LogP) is 6.38. The Bertz CT molecular complexity index is 1420. The number of rotatable bonds is 4. The van der Waals surface area contributed by atoms with Crippen molar-refractivity contribution < 1.29 is 0 Å². The van der Waals surface area contributed by atoms with Crippen LogP contribution >= 0.6 is 11.6 Å². The summed E-state index contributed by atoms with van der Waals surface area (Å²) in [7, 11) is 4.06. The molecule has 0 atom stereocenters. The van der Waals surface area contributed by atoms with Gasteiger partial charge in [-0.1, -0.05) is 48.0 Å². The summed E-state index contributed by atoms with van der Waals surface area (Å²) < 4.78 is 0. The monoisotopic (exact) mass is 439 g/mol. The zero-order valence-electron chi connectivity index (χ0n) is 18.1. The van der Waals surface area contributed by atoms with Crippen molar-refractivity contribution >= 4 is 28.1 Å². The molecule has 5 rings (SSSR count). The van der Waals surface area contributed by atoms with E-state index in [1.54, 1.807) is 0 Å². The second kappa shape index (κ2) is 8.09. The molecule has 6 heteroatoms. The third kappa shape index (κ3) is 3.61. The fraction of sp³-hybridized carbons (Fsp3) is 0.115. The molecule has 158 valence electrons. The molecule has 0 amide bonds. The van der Waals surface area contributed by atoms with Crippen LogP contribution in [-0.4, -0.2) is 34.7 Å². The molecule has 0 radical (unpaired) electrons. The average Bonchev–Trinajstić information content (AvgIpc) is 3.34. The van der Waals surface area contributed by atoms with Crippen molar-refractivity contribution in [1.29, 1.82) is 0 Å². The number of hydrogen-bond donors (Lipinski definition) is 1. The normalized spacial score (nSPS) is 11.1. The van der Waals surface area contributed by atoms with E-state index in [2.05, 4.69) is 87.0 Å². The first kappa shape index (κ1) is 20.2. The van der Waals surface area contributed by atoms with E-state index in [-0.39, 0.29) is 0 Å². The Kier molecular flexibility index (Phi) is 5.11. The van der Waals surface area contributed by atoms with Gasteiger partial charge in [0.05, 0.1) is 0 Å². The minimum atomic E-state index is 0.554. The van der Waals surface area contributed by atoms with Crippen molar-refractivity contribution in [2.24, 2.45) is 0 Å². The molecule has 1 aromatic heterocycles. The van der Waals surface area contributed by atoms with Crippen LogP contribution in [0, 0.1) is 6.92 Å². The largest absolute Gasteiger partial charge is 0.377 e. The summed E-state index contributed by atoms with van der Waals surface area (Å²) in [5, 5.41) is 17.9. The predicted molar refractivity (Wildman–Crippen MR) is 132 cm³/mol. The molecule has 4 aromatic carbocycles. The molecule has 0 unspecified atom stereocenters. The summed E-state index contributed by atoms with van der Waals surface area (Å²) in [5.74, 6) is 0.554. The van der Waals surface area contributed by atoms with Gasteiger partial charge in [0.25, 0.3) is 0 Å². The summed E-state index contributed by atoms with van der Waals surface area (Å²) in [6.45, 7) is 2.14. The molecule has 0 aliphatic heterocycles. The lowest BCUT2D eigenvalue weighted by Crippen LogP contribution is -2.09. The van der Waals surface area contributed by atoms with Gasteiger partial charge in [-0.25, -0.2) is 0 Å². The second-order valence-corrected chi connectivity index (χ2v) is 8.50. The van der Waals surface area contributed by atoms with Gasteiger partial charge < -0.3 is 4.90 Å². The molecule has 0 aliphatic carbocycles. The van der Waals surface area contributed by atoms with Crippen LogP contribution in [0.15, 0.2) is 72.8 Å². The molecule has 1 heterocycles. The fourth-order valence-corrected chi connectivity index (χ4v) is 4.35. The SMILES string of the molecule is Cc1ccc(-c2cc(-c3nn[nH]n3)cc(-c3cc(Cl)ccc3N(C)C)c2)c2ccccc12. The number of benzene rings is 4. The lowest BCUT2D eigenvalue weighted by atomic mass is 9.91. The molecule has 0 bridgehead atoms. The highest BCUT2D eigenvalue weighted by Gasteiger charge is 2.15. The van der Waals surface area contributed by atoms with E-state index >= 15 is 0 Å². The molecule has 0 fully saturated rings. The summed E-state index contributed by atoms with van der Waals surface area (Å²) in [4.78, 5) is 2.09. The van der Waals surface area contributed by atoms with Gasteiger partial charge in [-0.05, 0) is 81.6 Å². The third-order valence-corrected chi connectivity index (χ3v) is 5.98. The topological polar surface area (TPSA) is 57.7 Å². The van der Waals surface area contributed by atoms with E-state index < -0.39 is 0 Å². The minimum absolute atomic E-state index is 0.554. The van der Waals surface area contributed by atoms with Crippen molar-refractivity contribution in [3.63, 3.8) is 0 Å². The summed E-state index contributed by atoms with van der Waals surface area (Å²) in [6.07, 6.45) is 0. The highest BCUT2D eigenvalue weighted by atomic mass is 35.5. The zero-order valence-corrected chi connectivity index (χ0v) is 18.9. The molecule has 0 aliphatic rings. The van der Waals surface area contributed by atoms with E-state index in [0.29, 0.717) is 10.8 Å². The van der Waals surface area contributed by atoms with Gasteiger partial charge in [-0.2, -0.15) is 5.21 Å². The number of aromatic amines is 1. The van der Waals surface area contributed by atoms with E-state index in [9.17, 15) is 0 Å². The lowest BCUT2D eigenvalue weighted by molar-refractivity contribution is 0.881. The van der Waals surface area contributed by atoms with Gasteiger partial charge in [0.1, 0.15) is 0 Å². The van der Waals surface area contributed by atoms with Crippen molar-refractivity contribution in [3.8, 4) is 33.6 Å². The Labute approximate surface area is 191 Å². The number of nitrogens with one attached hydrogen (secondary N) is 1. The first-order chi connectivity index (χ1) is 15.5. The van der Waals surface area contributed by atoms with Gasteiger partial charge in [0, 0.05) is 35.9 Å². The van der Waals surface area contributed by atoms with Crippen LogP contribution in [0.4, 0.5) is 5.69 Å². The molecular weight excluding hydrogens is 418 g/mol. The van der Waals surface area contributed by atoms with Crippen LogP contribution in [-0.2, 0) is 0 Å². The number of nitrogens with zero attached hydrogens (tertiary/aromatic N) is 4. The Hall–Kier alpha value is -3.70. The van der Waals surface area contributed by atoms with Crippen molar-refractivity contribution in [3.05, 3.63) is 83.4 Å². The number of tetrazole rings is 1. The number of aromatic nitrogens is 4. The number of H-pyrrole nitrogens is 1. The standard InChI is InChI=1S/C26H22ClN5/c1-16-8-10-22(23-7-5-4-6-21(16)23)17-12-18(14-19(13-17)26-28-30-31-29-26)24-15-20(27)9-11-25(24)32(2)3/h4-15H,1-3H3,(H,28,29,30,31). The number of aryl methyl sites for hydroxylation is 1. The molecule has 5 nitrogen and oxygen atoms in total. The Morgan fingerprint density at radius 2 is 1.50 bits per heavy atom. The quantitative estimate of drug-likeness (QED) is 0.353. The Morgan fingerprint density at radius 3 is 2.22 bits per heavy atom. The van der Waals surface area contributed by atoms with Gasteiger partial charge in [0.2, 0.25) is 5.82 Å². The van der Waals surface area contributed by atoms with Crippen LogP contribution in [0.25, 0.3) is 44.4 Å². The zero-order chi connectivity index (χ0) is 22.2. The number of hydrogen-bond acceptors (Lipinski definition) is 4. The maximum absolute atomic E-state index is 6.40. The summed E-state index contributed by atoms with van der Waals surface area (Å²) in [6, 6.07) is 25.2. The molecule has 0 saturated heterocycles. The first-order valence-corrected chi connectivity index (χ1v) is 10.7. The van der Waals surface area contributed by atoms with E-state index in [1.807, 2.05) is 32.3 Å². The summed E-state index contributed by atoms with van der Waals surface area (Å²) >= 11 is 6.40. The van der Waals surface area contributed by atoms with Crippen LogP contribution in [0.2, 0.25) is 5.02 Å². The maximum Gasteiger partial charge on any atom is 0.204 e. The maximum atomic E-state index is 6.40. The van der Waals surface area contributed by atoms with Gasteiger partial charge >= 0.3 is 0 Å². The molecule has 32 heavy (non-hydrogen) atoms. The summed E-state index contributed by atoms with van der Waals surface area (Å²) in [5.41, 5.74) is 7.56. The van der Waals surface area contributed by atoms with Crippen molar-refractivity contribution in [2.45, 2.75) is 6.92 Å². The Balaban J connectivity index is 1.81. The van der Waals surface area contributed by atoms with Crippen molar-refractivity contribution in [2.75, 3.05) is 19.0 Å². The van der Waals surface area contributed by atoms with Crippen molar-refractivity contribution in [1.82, 2.24) is 20.6 Å². The second-order valence-electron chi connectivity index (χ2n) is 8.07. The molecular formula is C26H22ClN5. The molecule has 5 aromatic rings. The highest BCUT2D eigenvalue weighted by molar-refractivity contribution is 6.31. The van der Waals surface area contributed by atoms with Crippen LogP contribution in [0.1, 0.15) is 5.56 Å². The molecule has 0 spiro atoms. The average molecular weight is 440 g/mol. The number of anilines is 1.